The van der Waals surface area contributed by atoms with Crippen LogP contribution in [0.25, 0.3) is 0 Å². The van der Waals surface area contributed by atoms with Crippen molar-refractivity contribution in [2.24, 2.45) is 5.92 Å². The standard InChI is InChI=1S/C16H17N3O3S/c1-9-3-4-10-12(7-9)23-15(13(10)16(21)22-2)19-14(20)11-8-17-5-6-18-11/h5-6,8-9H,3-4,7H2,1-2H3,(H,19,20). The second kappa shape index (κ2) is 6.45. The molecule has 120 valence electrons. The molecular weight excluding hydrogens is 314 g/mol. The Morgan fingerprint density at radius 3 is 2.91 bits per heavy atom. The molecule has 2 heterocycles. The number of hydrogen-bond donors (Lipinski definition) is 1. The van der Waals surface area contributed by atoms with E-state index in [2.05, 4.69) is 22.2 Å². The molecule has 3 rings (SSSR count). The van der Waals surface area contributed by atoms with E-state index in [1.165, 1.54) is 37.0 Å². The Kier molecular flexibility index (Phi) is 4.38. The first-order valence-corrected chi connectivity index (χ1v) is 8.22. The lowest BCUT2D eigenvalue weighted by Crippen LogP contribution is -2.16. The fourth-order valence-electron chi connectivity index (χ4n) is 2.74. The summed E-state index contributed by atoms with van der Waals surface area (Å²) in [6.07, 6.45) is 7.14. The summed E-state index contributed by atoms with van der Waals surface area (Å²) in [5.41, 5.74) is 1.70. The fraction of sp³-hybridized carbons (Fsp3) is 0.375. The molecule has 7 heteroatoms. The van der Waals surface area contributed by atoms with Crippen LogP contribution in [0.15, 0.2) is 18.6 Å². The number of carbonyl (C=O) groups is 2. The molecule has 23 heavy (non-hydrogen) atoms. The van der Waals surface area contributed by atoms with Gasteiger partial charge in [0.2, 0.25) is 0 Å². The van der Waals surface area contributed by atoms with Crippen molar-refractivity contribution in [1.82, 2.24) is 9.97 Å². The van der Waals surface area contributed by atoms with Crippen LogP contribution in [0, 0.1) is 5.92 Å². The van der Waals surface area contributed by atoms with Gasteiger partial charge in [-0.25, -0.2) is 9.78 Å². The van der Waals surface area contributed by atoms with E-state index in [0.717, 1.165) is 29.7 Å². The van der Waals surface area contributed by atoms with E-state index in [9.17, 15) is 9.59 Å². The third-order valence-corrected chi connectivity index (χ3v) is 5.09. The minimum absolute atomic E-state index is 0.211. The summed E-state index contributed by atoms with van der Waals surface area (Å²) in [6, 6.07) is 0. The van der Waals surface area contributed by atoms with Crippen LogP contribution in [0.5, 0.6) is 0 Å². The summed E-state index contributed by atoms with van der Waals surface area (Å²) in [5.74, 6) is -0.211. The van der Waals surface area contributed by atoms with Crippen LogP contribution in [-0.4, -0.2) is 29.0 Å². The van der Waals surface area contributed by atoms with Crippen molar-refractivity contribution in [1.29, 1.82) is 0 Å². The van der Waals surface area contributed by atoms with E-state index >= 15 is 0 Å². The summed E-state index contributed by atoms with van der Waals surface area (Å²) in [6.45, 7) is 2.19. The van der Waals surface area contributed by atoms with Crippen molar-refractivity contribution in [3.8, 4) is 0 Å². The first kappa shape index (κ1) is 15.6. The Morgan fingerprint density at radius 1 is 1.39 bits per heavy atom. The highest BCUT2D eigenvalue weighted by Crippen LogP contribution is 2.40. The number of aromatic nitrogens is 2. The molecule has 6 nitrogen and oxygen atoms in total. The van der Waals surface area contributed by atoms with E-state index in [1.54, 1.807) is 0 Å². The van der Waals surface area contributed by atoms with Crippen LogP contribution < -0.4 is 5.32 Å². The number of rotatable bonds is 3. The quantitative estimate of drug-likeness (QED) is 0.875. The predicted octanol–water partition coefficient (Wildman–Crippen LogP) is 2.70. The summed E-state index contributed by atoms with van der Waals surface area (Å²) >= 11 is 1.45. The summed E-state index contributed by atoms with van der Waals surface area (Å²) in [7, 11) is 1.35. The van der Waals surface area contributed by atoms with Crippen LogP contribution >= 0.6 is 11.3 Å². The minimum Gasteiger partial charge on any atom is -0.465 e. The van der Waals surface area contributed by atoms with E-state index in [-0.39, 0.29) is 11.6 Å². The molecule has 0 aromatic carbocycles. The molecule has 0 spiro atoms. The molecule has 0 saturated heterocycles. The van der Waals surface area contributed by atoms with Gasteiger partial charge < -0.3 is 10.1 Å². The van der Waals surface area contributed by atoms with Gasteiger partial charge in [-0.05, 0) is 30.7 Å². The Labute approximate surface area is 137 Å². The SMILES string of the molecule is COC(=O)c1c(NC(=O)c2cnccn2)sc2c1CCC(C)C2. The van der Waals surface area contributed by atoms with Gasteiger partial charge in [0.25, 0.3) is 5.91 Å². The molecule has 1 unspecified atom stereocenters. The average molecular weight is 331 g/mol. The molecule has 1 N–H and O–H groups in total. The van der Waals surface area contributed by atoms with Crippen molar-refractivity contribution < 1.29 is 14.3 Å². The van der Waals surface area contributed by atoms with Gasteiger partial charge in [-0.1, -0.05) is 6.92 Å². The Morgan fingerprint density at radius 2 is 2.22 bits per heavy atom. The van der Waals surface area contributed by atoms with Gasteiger partial charge in [0, 0.05) is 17.3 Å². The third kappa shape index (κ3) is 3.10. The van der Waals surface area contributed by atoms with Gasteiger partial charge >= 0.3 is 5.97 Å². The molecular formula is C16H17N3O3S. The lowest BCUT2D eigenvalue weighted by atomic mass is 9.88. The number of thiophene rings is 1. The van der Waals surface area contributed by atoms with Crippen molar-refractivity contribution in [2.45, 2.75) is 26.2 Å². The summed E-state index contributed by atoms with van der Waals surface area (Å²) < 4.78 is 4.90. The van der Waals surface area contributed by atoms with Crippen molar-refractivity contribution in [3.63, 3.8) is 0 Å². The van der Waals surface area contributed by atoms with Gasteiger partial charge in [-0.15, -0.1) is 11.3 Å². The highest BCUT2D eigenvalue weighted by Gasteiger charge is 2.29. The van der Waals surface area contributed by atoms with E-state index < -0.39 is 5.97 Å². The van der Waals surface area contributed by atoms with Crippen LogP contribution in [0.2, 0.25) is 0 Å². The number of nitrogens with one attached hydrogen (secondary N) is 1. The number of anilines is 1. The van der Waals surface area contributed by atoms with E-state index in [4.69, 9.17) is 4.74 Å². The first-order valence-electron chi connectivity index (χ1n) is 7.40. The van der Waals surface area contributed by atoms with Crippen LogP contribution in [0.1, 0.15) is 44.6 Å². The highest BCUT2D eigenvalue weighted by molar-refractivity contribution is 7.17. The number of esters is 1. The van der Waals surface area contributed by atoms with Crippen molar-refractivity contribution in [3.05, 3.63) is 40.3 Å². The van der Waals surface area contributed by atoms with Gasteiger partial charge in [0.15, 0.2) is 0 Å². The van der Waals surface area contributed by atoms with E-state index in [1.807, 2.05) is 0 Å². The number of hydrogen-bond acceptors (Lipinski definition) is 6. The number of carbonyl (C=O) groups excluding carboxylic acids is 2. The number of fused-ring (bicyclic) bond motifs is 1. The third-order valence-electron chi connectivity index (χ3n) is 3.92. The van der Waals surface area contributed by atoms with Gasteiger partial charge in [-0.3, -0.25) is 9.78 Å². The molecule has 0 aliphatic heterocycles. The fourth-order valence-corrected chi connectivity index (χ4v) is 4.13. The number of nitrogens with zero attached hydrogens (tertiary/aromatic N) is 2. The molecule has 1 amide bonds. The summed E-state index contributed by atoms with van der Waals surface area (Å²) in [4.78, 5) is 33.5. The Hall–Kier alpha value is -2.28. The van der Waals surface area contributed by atoms with Crippen molar-refractivity contribution in [2.75, 3.05) is 12.4 Å². The molecule has 2 aromatic heterocycles. The van der Waals surface area contributed by atoms with Crippen LogP contribution in [0.3, 0.4) is 0 Å². The molecule has 1 aliphatic rings. The van der Waals surface area contributed by atoms with Crippen LogP contribution in [-0.2, 0) is 17.6 Å². The second-order valence-corrected chi connectivity index (χ2v) is 6.70. The largest absolute Gasteiger partial charge is 0.465 e. The zero-order chi connectivity index (χ0) is 16.4. The normalized spacial score (nSPS) is 16.5. The monoisotopic (exact) mass is 331 g/mol. The molecule has 0 saturated carbocycles. The van der Waals surface area contributed by atoms with Gasteiger partial charge in [-0.2, -0.15) is 0 Å². The molecule has 0 fully saturated rings. The smallest absolute Gasteiger partial charge is 0.341 e. The van der Waals surface area contributed by atoms with Crippen LogP contribution in [0.4, 0.5) is 5.00 Å². The zero-order valence-corrected chi connectivity index (χ0v) is 13.8. The first-order chi connectivity index (χ1) is 11.1. The molecule has 2 aromatic rings. The predicted molar refractivity (Wildman–Crippen MR) is 86.8 cm³/mol. The minimum atomic E-state index is -0.411. The summed E-state index contributed by atoms with van der Waals surface area (Å²) in [5, 5.41) is 3.32. The second-order valence-electron chi connectivity index (χ2n) is 5.59. The topological polar surface area (TPSA) is 81.2 Å². The lowest BCUT2D eigenvalue weighted by Gasteiger charge is -2.18. The molecule has 1 aliphatic carbocycles. The molecule has 0 bridgehead atoms. The maximum atomic E-state index is 12.3. The van der Waals surface area contributed by atoms with E-state index in [0.29, 0.717) is 16.5 Å². The van der Waals surface area contributed by atoms with Gasteiger partial charge in [0.1, 0.15) is 10.7 Å². The van der Waals surface area contributed by atoms with Crippen molar-refractivity contribution >= 4 is 28.2 Å². The number of amides is 1. The highest BCUT2D eigenvalue weighted by atomic mass is 32.1. The molecule has 1 atom stereocenters. The number of methoxy groups -OCH3 is 1. The maximum Gasteiger partial charge on any atom is 0.341 e. The lowest BCUT2D eigenvalue weighted by molar-refractivity contribution is 0.0601. The number of ether oxygens (including phenoxy) is 1. The zero-order valence-electron chi connectivity index (χ0n) is 13.0. The van der Waals surface area contributed by atoms with Gasteiger partial charge in [0.05, 0.1) is 18.9 Å². The Balaban J connectivity index is 1.95. The maximum absolute atomic E-state index is 12.3. The Bertz CT molecular complexity index is 743. The molecule has 0 radical (unpaired) electrons. The average Bonchev–Trinajstić information content (AvgIpc) is 2.91.